The van der Waals surface area contributed by atoms with Gasteiger partial charge in [0, 0.05) is 6.42 Å². The number of aromatic amines is 1. The number of benzene rings is 1. The third kappa shape index (κ3) is 4.05. The van der Waals surface area contributed by atoms with E-state index in [4.69, 9.17) is 19.9 Å². The smallest absolute Gasteiger partial charge is 0.344 e. The molecule has 0 unspecified atom stereocenters. The highest BCUT2D eigenvalue weighted by molar-refractivity contribution is 5.71. The molecular weight excluding hydrogens is 382 g/mol. The molecule has 0 amide bonds. The van der Waals surface area contributed by atoms with Crippen molar-refractivity contribution in [3.63, 3.8) is 0 Å². The molecule has 2 aromatic heterocycles. The van der Waals surface area contributed by atoms with E-state index >= 15 is 0 Å². The van der Waals surface area contributed by atoms with Crippen LogP contribution >= 0.6 is 0 Å². The van der Waals surface area contributed by atoms with Gasteiger partial charge in [-0.15, -0.1) is 0 Å². The molecule has 1 fully saturated rings. The van der Waals surface area contributed by atoms with Gasteiger partial charge in [-0.25, -0.2) is 9.78 Å². The molecule has 152 valence electrons. The monoisotopic (exact) mass is 401 g/mol. The van der Waals surface area contributed by atoms with E-state index in [1.807, 2.05) is 6.07 Å². The summed E-state index contributed by atoms with van der Waals surface area (Å²) >= 11 is 0. The average molecular weight is 401 g/mol. The number of aliphatic hydroxyl groups excluding tert-OH is 1. The van der Waals surface area contributed by atoms with Crippen LogP contribution in [0.1, 0.15) is 12.6 Å². The summed E-state index contributed by atoms with van der Waals surface area (Å²) in [5.74, 6) is -0.0794. The summed E-state index contributed by atoms with van der Waals surface area (Å²) < 4.78 is 17.8. The molecule has 0 radical (unpaired) electrons. The van der Waals surface area contributed by atoms with Gasteiger partial charge in [-0.3, -0.25) is 14.3 Å². The number of nitrogen functional groups attached to an aromatic ring is 1. The van der Waals surface area contributed by atoms with Crippen molar-refractivity contribution in [2.45, 2.75) is 24.9 Å². The second-order valence-electron chi connectivity index (χ2n) is 6.49. The second-order valence-corrected chi connectivity index (χ2v) is 6.49. The SMILES string of the molecule is Nc1nc2c(ncn2[C@@H]2C[C@@H](O)[C@H](COC(=O)COc3ccccc3)O2)c(=O)[nH]1. The van der Waals surface area contributed by atoms with Crippen molar-refractivity contribution < 1.29 is 24.1 Å². The zero-order valence-corrected chi connectivity index (χ0v) is 15.2. The van der Waals surface area contributed by atoms with Crippen molar-refractivity contribution in [3.8, 4) is 5.75 Å². The summed E-state index contributed by atoms with van der Waals surface area (Å²) in [7, 11) is 0. The predicted octanol–water partition coefficient (Wildman–Crippen LogP) is -0.0276. The topological polar surface area (TPSA) is 155 Å². The summed E-state index contributed by atoms with van der Waals surface area (Å²) in [6, 6.07) is 8.87. The number of imidazole rings is 1. The van der Waals surface area contributed by atoms with E-state index in [0.717, 1.165) is 0 Å². The van der Waals surface area contributed by atoms with Crippen molar-refractivity contribution in [1.29, 1.82) is 0 Å². The molecule has 0 saturated carbocycles. The van der Waals surface area contributed by atoms with E-state index in [1.165, 1.54) is 10.9 Å². The Bertz CT molecular complexity index is 1070. The lowest BCUT2D eigenvalue weighted by molar-refractivity contribution is -0.152. The highest BCUT2D eigenvalue weighted by atomic mass is 16.6. The Hall–Kier alpha value is -3.44. The largest absolute Gasteiger partial charge is 0.482 e. The molecule has 3 heterocycles. The maximum absolute atomic E-state index is 11.9. The van der Waals surface area contributed by atoms with Crippen LogP contribution in [0.5, 0.6) is 5.75 Å². The van der Waals surface area contributed by atoms with Crippen molar-refractivity contribution in [2.75, 3.05) is 18.9 Å². The Morgan fingerprint density at radius 1 is 1.38 bits per heavy atom. The van der Waals surface area contributed by atoms with Crippen molar-refractivity contribution in [3.05, 3.63) is 47.0 Å². The number of fused-ring (bicyclic) bond motifs is 1. The van der Waals surface area contributed by atoms with E-state index in [2.05, 4.69) is 15.0 Å². The van der Waals surface area contributed by atoms with Gasteiger partial charge in [-0.2, -0.15) is 4.98 Å². The van der Waals surface area contributed by atoms with Crippen LogP contribution in [0.25, 0.3) is 11.2 Å². The molecule has 1 saturated heterocycles. The number of nitrogens with zero attached hydrogens (tertiary/aromatic N) is 3. The van der Waals surface area contributed by atoms with E-state index in [9.17, 15) is 14.7 Å². The number of nitrogens with two attached hydrogens (primary N) is 1. The number of aliphatic hydroxyl groups is 1. The van der Waals surface area contributed by atoms with Crippen LogP contribution in [-0.2, 0) is 14.3 Å². The molecule has 3 aromatic rings. The zero-order chi connectivity index (χ0) is 20.4. The lowest BCUT2D eigenvalue weighted by Gasteiger charge is -2.16. The van der Waals surface area contributed by atoms with Crippen molar-refractivity contribution in [2.24, 2.45) is 0 Å². The number of hydrogen-bond donors (Lipinski definition) is 3. The van der Waals surface area contributed by atoms with Crippen LogP contribution in [0, 0.1) is 0 Å². The first-order valence-corrected chi connectivity index (χ1v) is 8.90. The van der Waals surface area contributed by atoms with E-state index < -0.39 is 30.0 Å². The van der Waals surface area contributed by atoms with Gasteiger partial charge in [0.2, 0.25) is 5.95 Å². The number of carbonyl (C=O) groups is 1. The van der Waals surface area contributed by atoms with Gasteiger partial charge in [0.15, 0.2) is 17.8 Å². The lowest BCUT2D eigenvalue weighted by Crippen LogP contribution is -2.29. The number of ether oxygens (including phenoxy) is 3. The minimum Gasteiger partial charge on any atom is -0.482 e. The van der Waals surface area contributed by atoms with Crippen LogP contribution < -0.4 is 16.0 Å². The van der Waals surface area contributed by atoms with Gasteiger partial charge in [0.1, 0.15) is 24.7 Å². The molecule has 4 N–H and O–H groups in total. The Kier molecular flexibility index (Phi) is 5.14. The minimum atomic E-state index is -0.875. The van der Waals surface area contributed by atoms with Gasteiger partial charge < -0.3 is 25.1 Å². The number of carbonyl (C=O) groups excluding carboxylic acids is 1. The Morgan fingerprint density at radius 2 is 2.17 bits per heavy atom. The molecular formula is C18H19N5O6. The average Bonchev–Trinajstić information content (AvgIpc) is 3.29. The fourth-order valence-electron chi connectivity index (χ4n) is 3.07. The third-order valence-corrected chi connectivity index (χ3v) is 4.47. The number of hydrogen-bond acceptors (Lipinski definition) is 9. The number of H-pyrrole nitrogens is 1. The number of nitrogens with one attached hydrogen (secondary N) is 1. The van der Waals surface area contributed by atoms with Crippen molar-refractivity contribution in [1.82, 2.24) is 19.5 Å². The molecule has 1 aliphatic heterocycles. The first kappa shape index (κ1) is 18.9. The summed E-state index contributed by atoms with van der Waals surface area (Å²) in [6.45, 7) is -0.397. The number of para-hydroxylation sites is 1. The first-order chi connectivity index (χ1) is 14.0. The summed E-state index contributed by atoms with van der Waals surface area (Å²) in [5.41, 5.74) is 5.49. The van der Waals surface area contributed by atoms with E-state index in [1.54, 1.807) is 24.3 Å². The van der Waals surface area contributed by atoms with Gasteiger partial charge >= 0.3 is 5.97 Å². The highest BCUT2D eigenvalue weighted by Crippen LogP contribution is 2.30. The molecule has 11 nitrogen and oxygen atoms in total. The fourth-order valence-corrected chi connectivity index (χ4v) is 3.07. The maximum atomic E-state index is 11.9. The van der Waals surface area contributed by atoms with E-state index in [-0.39, 0.29) is 36.7 Å². The number of aromatic nitrogens is 4. The predicted molar refractivity (Wildman–Crippen MR) is 100.0 cm³/mol. The molecule has 29 heavy (non-hydrogen) atoms. The van der Waals surface area contributed by atoms with Crippen LogP contribution in [-0.4, -0.2) is 56.0 Å². The Labute approximate surface area is 164 Å². The van der Waals surface area contributed by atoms with Gasteiger partial charge in [-0.05, 0) is 12.1 Å². The van der Waals surface area contributed by atoms with Crippen LogP contribution in [0.2, 0.25) is 0 Å². The van der Waals surface area contributed by atoms with Crippen LogP contribution in [0.3, 0.4) is 0 Å². The molecule has 1 aliphatic rings. The Balaban J connectivity index is 1.35. The molecule has 0 aliphatic carbocycles. The number of rotatable bonds is 6. The quantitative estimate of drug-likeness (QED) is 0.483. The van der Waals surface area contributed by atoms with Crippen LogP contribution in [0.4, 0.5) is 5.95 Å². The molecule has 3 atom stereocenters. The molecule has 0 spiro atoms. The van der Waals surface area contributed by atoms with Crippen molar-refractivity contribution >= 4 is 23.1 Å². The minimum absolute atomic E-state index is 0.0494. The second kappa shape index (κ2) is 7.89. The molecule has 4 rings (SSSR count). The van der Waals surface area contributed by atoms with E-state index in [0.29, 0.717) is 5.75 Å². The number of esters is 1. The highest BCUT2D eigenvalue weighted by Gasteiger charge is 2.36. The maximum Gasteiger partial charge on any atom is 0.344 e. The van der Waals surface area contributed by atoms with Crippen LogP contribution in [0.15, 0.2) is 41.5 Å². The first-order valence-electron chi connectivity index (χ1n) is 8.90. The van der Waals surface area contributed by atoms with Gasteiger partial charge in [-0.1, -0.05) is 18.2 Å². The summed E-state index contributed by atoms with van der Waals surface area (Å²) in [4.78, 5) is 34.2. The molecule has 1 aromatic carbocycles. The third-order valence-electron chi connectivity index (χ3n) is 4.47. The number of anilines is 1. The lowest BCUT2D eigenvalue weighted by atomic mass is 10.2. The molecule has 0 bridgehead atoms. The zero-order valence-electron chi connectivity index (χ0n) is 15.2. The summed E-state index contributed by atoms with van der Waals surface area (Å²) in [6.07, 6.45) is -0.640. The normalized spacial score (nSPS) is 21.3. The molecule has 11 heteroatoms. The fraction of sp³-hybridized carbons (Fsp3) is 0.333. The van der Waals surface area contributed by atoms with Gasteiger partial charge in [0.25, 0.3) is 5.56 Å². The summed E-state index contributed by atoms with van der Waals surface area (Å²) in [5, 5.41) is 10.3. The standard InChI is InChI=1S/C18H19N5O6/c19-18-21-16-15(17(26)22-18)20-9-23(16)13-6-11(24)12(29-13)7-28-14(25)8-27-10-4-2-1-3-5-10/h1-5,9,11-13,24H,6-8H2,(H3,19,21,22,26)/t11-,12+,13+/m1/s1. The Morgan fingerprint density at radius 3 is 2.97 bits per heavy atom. The van der Waals surface area contributed by atoms with Gasteiger partial charge in [0.05, 0.1) is 12.4 Å².